The Morgan fingerprint density at radius 3 is 2.39 bits per heavy atom. The lowest BCUT2D eigenvalue weighted by atomic mass is 9.82. The SMILES string of the molecule is CCC(CC)(CNC(=O)CSCCOC)C(=O)O. The van der Waals surface area contributed by atoms with Crippen LogP contribution in [0.4, 0.5) is 0 Å². The first-order valence-corrected chi connectivity index (χ1v) is 7.24. The highest BCUT2D eigenvalue weighted by molar-refractivity contribution is 7.99. The molecule has 106 valence electrons. The van der Waals surface area contributed by atoms with E-state index in [4.69, 9.17) is 4.74 Å². The molecule has 0 aromatic rings. The van der Waals surface area contributed by atoms with Crippen LogP contribution in [-0.4, -0.2) is 48.8 Å². The van der Waals surface area contributed by atoms with Crippen molar-refractivity contribution in [3.05, 3.63) is 0 Å². The van der Waals surface area contributed by atoms with Crippen LogP contribution in [0.25, 0.3) is 0 Å². The highest BCUT2D eigenvalue weighted by Crippen LogP contribution is 2.25. The van der Waals surface area contributed by atoms with Gasteiger partial charge in [0.05, 0.1) is 17.8 Å². The molecule has 1 amide bonds. The maximum atomic E-state index is 11.5. The lowest BCUT2D eigenvalue weighted by Gasteiger charge is -2.26. The topological polar surface area (TPSA) is 75.6 Å². The Hall–Kier alpha value is -0.750. The zero-order valence-electron chi connectivity index (χ0n) is 11.3. The van der Waals surface area contributed by atoms with Crippen LogP contribution < -0.4 is 5.32 Å². The molecule has 0 aliphatic carbocycles. The molecule has 0 bridgehead atoms. The Morgan fingerprint density at radius 1 is 1.33 bits per heavy atom. The van der Waals surface area contributed by atoms with Crippen molar-refractivity contribution in [3.8, 4) is 0 Å². The quantitative estimate of drug-likeness (QED) is 0.590. The molecule has 0 heterocycles. The lowest BCUT2D eigenvalue weighted by molar-refractivity contribution is -0.149. The summed E-state index contributed by atoms with van der Waals surface area (Å²) in [5.41, 5.74) is -0.840. The summed E-state index contributed by atoms with van der Waals surface area (Å²) >= 11 is 1.48. The van der Waals surface area contributed by atoms with Crippen molar-refractivity contribution >= 4 is 23.6 Å². The second kappa shape index (κ2) is 9.22. The fourth-order valence-electron chi connectivity index (χ4n) is 1.50. The molecule has 0 atom stereocenters. The van der Waals surface area contributed by atoms with E-state index in [2.05, 4.69) is 5.32 Å². The molecule has 0 aliphatic rings. The van der Waals surface area contributed by atoms with Crippen LogP contribution in [0.5, 0.6) is 0 Å². The number of carboxylic acids is 1. The summed E-state index contributed by atoms with van der Waals surface area (Å²) in [5, 5.41) is 11.9. The second-order valence-corrected chi connectivity index (χ2v) is 5.22. The molecule has 0 spiro atoms. The third-order valence-corrected chi connectivity index (χ3v) is 4.02. The van der Waals surface area contributed by atoms with Gasteiger partial charge in [0.15, 0.2) is 0 Å². The maximum Gasteiger partial charge on any atom is 0.311 e. The molecular formula is C12H23NO4S. The number of rotatable bonds is 10. The van der Waals surface area contributed by atoms with Crippen LogP contribution in [0.15, 0.2) is 0 Å². The number of aliphatic carboxylic acids is 1. The van der Waals surface area contributed by atoms with Crippen molar-refractivity contribution in [1.29, 1.82) is 0 Å². The molecule has 0 radical (unpaired) electrons. The molecule has 2 N–H and O–H groups in total. The highest BCUT2D eigenvalue weighted by Gasteiger charge is 2.34. The second-order valence-electron chi connectivity index (χ2n) is 4.11. The van der Waals surface area contributed by atoms with Crippen molar-refractivity contribution in [3.63, 3.8) is 0 Å². The number of nitrogens with one attached hydrogen (secondary N) is 1. The van der Waals surface area contributed by atoms with Crippen LogP contribution in [0.1, 0.15) is 26.7 Å². The number of carbonyl (C=O) groups excluding carboxylic acids is 1. The Balaban J connectivity index is 4.04. The van der Waals surface area contributed by atoms with Gasteiger partial charge < -0.3 is 15.2 Å². The molecular weight excluding hydrogens is 254 g/mol. The van der Waals surface area contributed by atoms with Crippen molar-refractivity contribution < 1.29 is 19.4 Å². The Labute approximate surface area is 113 Å². The van der Waals surface area contributed by atoms with E-state index in [1.54, 1.807) is 7.11 Å². The maximum absolute atomic E-state index is 11.5. The van der Waals surface area contributed by atoms with Gasteiger partial charge in [-0.2, -0.15) is 0 Å². The van der Waals surface area contributed by atoms with Gasteiger partial charge in [-0.05, 0) is 12.8 Å². The fraction of sp³-hybridized carbons (Fsp3) is 0.833. The molecule has 18 heavy (non-hydrogen) atoms. The van der Waals surface area contributed by atoms with E-state index in [0.29, 0.717) is 25.2 Å². The van der Waals surface area contributed by atoms with Gasteiger partial charge >= 0.3 is 5.97 Å². The van der Waals surface area contributed by atoms with Crippen LogP contribution in [-0.2, 0) is 14.3 Å². The zero-order valence-corrected chi connectivity index (χ0v) is 12.1. The molecule has 0 fully saturated rings. The van der Waals surface area contributed by atoms with E-state index in [1.807, 2.05) is 13.8 Å². The molecule has 0 saturated heterocycles. The average Bonchev–Trinajstić information content (AvgIpc) is 2.36. The molecule has 0 rings (SSSR count). The van der Waals surface area contributed by atoms with E-state index in [1.165, 1.54) is 11.8 Å². The molecule has 0 unspecified atom stereocenters. The zero-order chi connectivity index (χ0) is 14.0. The number of hydrogen-bond acceptors (Lipinski definition) is 4. The van der Waals surface area contributed by atoms with E-state index >= 15 is 0 Å². The Bertz CT molecular complexity index is 267. The molecule has 0 saturated carbocycles. The number of carboxylic acid groups (broad SMARTS) is 1. The average molecular weight is 277 g/mol. The number of thioether (sulfide) groups is 1. The smallest absolute Gasteiger partial charge is 0.311 e. The third-order valence-electron chi connectivity index (χ3n) is 3.10. The first-order valence-electron chi connectivity index (χ1n) is 6.09. The van der Waals surface area contributed by atoms with E-state index in [0.717, 1.165) is 5.75 Å². The van der Waals surface area contributed by atoms with Gasteiger partial charge in [-0.3, -0.25) is 9.59 Å². The first kappa shape index (κ1) is 17.2. The summed E-state index contributed by atoms with van der Waals surface area (Å²) in [6.45, 7) is 4.47. The monoisotopic (exact) mass is 277 g/mol. The molecule has 0 aromatic carbocycles. The number of amides is 1. The van der Waals surface area contributed by atoms with Gasteiger partial charge in [-0.25, -0.2) is 0 Å². The number of hydrogen-bond donors (Lipinski definition) is 2. The summed E-state index contributed by atoms with van der Waals surface area (Å²) in [7, 11) is 1.62. The lowest BCUT2D eigenvalue weighted by Crippen LogP contribution is -2.42. The molecule has 0 aromatic heterocycles. The van der Waals surface area contributed by atoms with Crippen molar-refractivity contribution in [2.24, 2.45) is 5.41 Å². The van der Waals surface area contributed by atoms with E-state index in [9.17, 15) is 14.7 Å². The van der Waals surface area contributed by atoms with Gasteiger partial charge in [0.2, 0.25) is 5.91 Å². The summed E-state index contributed by atoms with van der Waals surface area (Å²) < 4.78 is 4.87. The number of carbonyl (C=O) groups is 2. The van der Waals surface area contributed by atoms with Crippen LogP contribution >= 0.6 is 11.8 Å². The summed E-state index contributed by atoms with van der Waals surface area (Å²) in [4.78, 5) is 22.8. The predicted octanol–water partition coefficient (Wildman–Crippen LogP) is 1.37. The largest absolute Gasteiger partial charge is 0.481 e. The van der Waals surface area contributed by atoms with Crippen LogP contribution in [0.2, 0.25) is 0 Å². The Kier molecular flexibility index (Phi) is 8.83. The highest BCUT2D eigenvalue weighted by atomic mass is 32.2. The van der Waals surface area contributed by atoms with Crippen LogP contribution in [0.3, 0.4) is 0 Å². The minimum absolute atomic E-state index is 0.122. The minimum Gasteiger partial charge on any atom is -0.481 e. The minimum atomic E-state index is -0.847. The summed E-state index contributed by atoms with van der Waals surface area (Å²) in [6, 6.07) is 0. The molecule has 5 nitrogen and oxygen atoms in total. The van der Waals surface area contributed by atoms with Gasteiger partial charge in [0.25, 0.3) is 0 Å². The predicted molar refractivity (Wildman–Crippen MR) is 72.9 cm³/mol. The number of methoxy groups -OCH3 is 1. The standard InChI is InChI=1S/C12H23NO4S/c1-4-12(5-2,11(15)16)9-13-10(14)8-18-7-6-17-3/h4-9H2,1-3H3,(H,13,14)(H,15,16). The summed E-state index contributed by atoms with van der Waals surface area (Å²) in [5.74, 6) is 0.130. The molecule has 6 heteroatoms. The van der Waals surface area contributed by atoms with Crippen molar-refractivity contribution in [2.75, 3.05) is 31.8 Å². The molecule has 0 aliphatic heterocycles. The fourth-order valence-corrected chi connectivity index (χ4v) is 2.22. The Morgan fingerprint density at radius 2 is 1.94 bits per heavy atom. The van der Waals surface area contributed by atoms with Gasteiger partial charge in [-0.15, -0.1) is 11.8 Å². The van der Waals surface area contributed by atoms with Crippen molar-refractivity contribution in [2.45, 2.75) is 26.7 Å². The van der Waals surface area contributed by atoms with Crippen molar-refractivity contribution in [1.82, 2.24) is 5.32 Å². The first-order chi connectivity index (χ1) is 8.52. The summed E-state index contributed by atoms with van der Waals surface area (Å²) in [6.07, 6.45) is 1.02. The van der Waals surface area contributed by atoms with E-state index in [-0.39, 0.29) is 12.5 Å². The van der Waals surface area contributed by atoms with Gasteiger partial charge in [-0.1, -0.05) is 13.8 Å². The number of ether oxygens (including phenoxy) is 1. The van der Waals surface area contributed by atoms with Gasteiger partial charge in [0, 0.05) is 19.4 Å². The van der Waals surface area contributed by atoms with Crippen LogP contribution in [0, 0.1) is 5.41 Å². The normalized spacial score (nSPS) is 11.3. The third kappa shape index (κ3) is 5.73. The van der Waals surface area contributed by atoms with E-state index < -0.39 is 11.4 Å². The van der Waals surface area contributed by atoms with Gasteiger partial charge in [0.1, 0.15) is 0 Å².